The summed E-state index contributed by atoms with van der Waals surface area (Å²) in [6.07, 6.45) is 22.1. The Balaban J connectivity index is 2.51. The van der Waals surface area contributed by atoms with E-state index in [0.717, 1.165) is 77.0 Å². The lowest BCUT2D eigenvalue weighted by molar-refractivity contribution is -0.220. The number of allylic oxidation sites excluding steroid dienone is 6. The van der Waals surface area contributed by atoms with Crippen molar-refractivity contribution in [1.29, 1.82) is 0 Å². The van der Waals surface area contributed by atoms with Gasteiger partial charge in [0, 0.05) is 12.8 Å². The molecule has 0 aromatic rings. The first-order valence-electron chi connectivity index (χ1n) is 21.3. The first kappa shape index (κ1) is 52.1. The third-order valence-electron chi connectivity index (χ3n) is 9.75. The largest absolute Gasteiger partial charge is 0.472 e. The van der Waals surface area contributed by atoms with Gasteiger partial charge in [-0.15, -0.1) is 0 Å². The molecule has 1 fully saturated rings. The van der Waals surface area contributed by atoms with Crippen molar-refractivity contribution >= 4 is 19.8 Å². The smallest absolute Gasteiger partial charge is 0.462 e. The number of aliphatic hydroxyl groups is 5. The van der Waals surface area contributed by atoms with Crippen LogP contribution in [-0.4, -0.2) is 98.3 Å². The molecule has 0 aromatic carbocycles. The number of unbranched alkanes of at least 4 members (excludes halogenated alkanes) is 16. The molecule has 1 saturated carbocycles. The van der Waals surface area contributed by atoms with E-state index in [1.165, 1.54) is 44.9 Å². The molecule has 0 aromatic heterocycles. The molecule has 56 heavy (non-hydrogen) atoms. The van der Waals surface area contributed by atoms with E-state index in [0.29, 0.717) is 12.8 Å². The number of esters is 2. The van der Waals surface area contributed by atoms with E-state index in [1.807, 2.05) is 0 Å². The second-order valence-electron chi connectivity index (χ2n) is 14.8. The topological polar surface area (TPSA) is 210 Å². The van der Waals surface area contributed by atoms with Crippen molar-refractivity contribution in [2.75, 3.05) is 13.2 Å². The lowest BCUT2D eigenvalue weighted by atomic mass is 9.85. The molecular weight excluding hydrogens is 743 g/mol. The van der Waals surface area contributed by atoms with Crippen molar-refractivity contribution in [3.63, 3.8) is 0 Å². The zero-order valence-corrected chi connectivity index (χ0v) is 35.1. The van der Waals surface area contributed by atoms with Gasteiger partial charge in [-0.25, -0.2) is 4.57 Å². The second kappa shape index (κ2) is 33.0. The lowest BCUT2D eigenvalue weighted by Gasteiger charge is -2.41. The Morgan fingerprint density at radius 2 is 1.02 bits per heavy atom. The molecule has 326 valence electrons. The van der Waals surface area contributed by atoms with Gasteiger partial charge in [0.2, 0.25) is 0 Å². The van der Waals surface area contributed by atoms with Crippen LogP contribution in [0.1, 0.15) is 162 Å². The highest BCUT2D eigenvalue weighted by Crippen LogP contribution is 2.47. The first-order valence-corrected chi connectivity index (χ1v) is 22.8. The van der Waals surface area contributed by atoms with Crippen LogP contribution in [0.25, 0.3) is 0 Å². The molecule has 14 heteroatoms. The van der Waals surface area contributed by atoms with Crippen LogP contribution in [-0.2, 0) is 32.7 Å². The highest BCUT2D eigenvalue weighted by molar-refractivity contribution is 7.47. The average molecular weight is 819 g/mol. The van der Waals surface area contributed by atoms with Crippen molar-refractivity contribution in [1.82, 2.24) is 0 Å². The van der Waals surface area contributed by atoms with Crippen LogP contribution in [0.2, 0.25) is 0 Å². The van der Waals surface area contributed by atoms with E-state index >= 15 is 0 Å². The van der Waals surface area contributed by atoms with E-state index in [4.69, 9.17) is 18.5 Å². The van der Waals surface area contributed by atoms with Crippen molar-refractivity contribution in [2.45, 2.75) is 204 Å². The predicted molar refractivity (Wildman–Crippen MR) is 216 cm³/mol. The zero-order chi connectivity index (χ0) is 41.4. The molecule has 0 amide bonds. The Morgan fingerprint density at radius 3 is 1.55 bits per heavy atom. The van der Waals surface area contributed by atoms with Crippen LogP contribution < -0.4 is 0 Å². The van der Waals surface area contributed by atoms with Gasteiger partial charge in [-0.1, -0.05) is 140 Å². The monoisotopic (exact) mass is 818 g/mol. The second-order valence-corrected chi connectivity index (χ2v) is 16.2. The maximum absolute atomic E-state index is 12.8. The summed E-state index contributed by atoms with van der Waals surface area (Å²) in [6.45, 7) is 3.15. The third kappa shape index (κ3) is 25.4. The van der Waals surface area contributed by atoms with Gasteiger partial charge in [-0.05, 0) is 44.9 Å². The summed E-state index contributed by atoms with van der Waals surface area (Å²) < 4.78 is 33.4. The van der Waals surface area contributed by atoms with E-state index < -0.39 is 75.7 Å². The molecule has 0 radical (unpaired) electrons. The number of hydrogen-bond acceptors (Lipinski definition) is 12. The number of hydrogen-bond donors (Lipinski definition) is 6. The Morgan fingerprint density at radius 1 is 0.571 bits per heavy atom. The minimum atomic E-state index is -5.11. The number of ether oxygens (including phenoxy) is 2. The van der Waals surface area contributed by atoms with Crippen molar-refractivity contribution in [2.24, 2.45) is 0 Å². The molecule has 0 aliphatic heterocycles. The zero-order valence-electron chi connectivity index (χ0n) is 34.2. The third-order valence-corrected chi connectivity index (χ3v) is 10.7. The Bertz CT molecular complexity index is 1130. The molecule has 0 bridgehead atoms. The van der Waals surface area contributed by atoms with Gasteiger partial charge in [0.15, 0.2) is 6.10 Å². The summed E-state index contributed by atoms with van der Waals surface area (Å²) in [5, 5.41) is 50.0. The van der Waals surface area contributed by atoms with E-state index in [-0.39, 0.29) is 12.8 Å². The van der Waals surface area contributed by atoms with Gasteiger partial charge in [0.05, 0.1) is 6.61 Å². The molecule has 0 spiro atoms. The van der Waals surface area contributed by atoms with E-state index in [2.05, 4.69) is 50.3 Å². The van der Waals surface area contributed by atoms with Gasteiger partial charge in [-0.3, -0.25) is 18.6 Å². The van der Waals surface area contributed by atoms with Gasteiger partial charge in [0.25, 0.3) is 0 Å². The number of phosphoric ester groups is 1. The molecule has 13 nitrogen and oxygen atoms in total. The van der Waals surface area contributed by atoms with E-state index in [9.17, 15) is 44.6 Å². The summed E-state index contributed by atoms with van der Waals surface area (Å²) >= 11 is 0. The molecular formula is C42H75O13P. The number of carbonyl (C=O) groups is 2. The molecule has 1 rings (SSSR count). The molecule has 6 N–H and O–H groups in total. The van der Waals surface area contributed by atoms with Crippen LogP contribution in [0.15, 0.2) is 36.5 Å². The molecule has 0 heterocycles. The molecule has 1 aliphatic rings. The summed E-state index contributed by atoms with van der Waals surface area (Å²) in [5.41, 5.74) is 0. The maximum Gasteiger partial charge on any atom is 0.472 e. The Kier molecular flexibility index (Phi) is 30.7. The van der Waals surface area contributed by atoms with Crippen molar-refractivity contribution in [3.05, 3.63) is 36.5 Å². The summed E-state index contributed by atoms with van der Waals surface area (Å²) in [7, 11) is -5.11. The standard InChI is InChI=1S/C42H75O13P/c1-3-5-7-9-11-13-15-17-18-19-21-22-24-26-28-30-35(43)52-32-34(54-36(44)31-29-27-25-23-20-16-14-12-10-8-6-4-2)33-53-56(50,51)55-42-40(48)38(46)37(45)39(47)41(42)49/h5,7,11,13,17-18,34,37-42,45-49H,3-4,6,8-10,12,14-16,19-33H2,1-2H3,(H,50,51)/b7-5-,13-11-,18-17-/t34-,37?,38-,39?,40?,41?,42?/m1/s1. The molecule has 8 atom stereocenters. The highest BCUT2D eigenvalue weighted by atomic mass is 31.2. The number of aliphatic hydroxyl groups excluding tert-OH is 5. The molecule has 6 unspecified atom stereocenters. The fourth-order valence-corrected chi connectivity index (χ4v) is 7.27. The highest BCUT2D eigenvalue weighted by Gasteiger charge is 2.51. The summed E-state index contributed by atoms with van der Waals surface area (Å²) in [5.74, 6) is -1.12. The first-order chi connectivity index (χ1) is 26.9. The Hall–Kier alpha value is -1.93. The van der Waals surface area contributed by atoms with Crippen molar-refractivity contribution in [3.8, 4) is 0 Å². The van der Waals surface area contributed by atoms with Gasteiger partial charge < -0.3 is 39.9 Å². The minimum Gasteiger partial charge on any atom is -0.462 e. The van der Waals surface area contributed by atoms with Crippen LogP contribution in [0, 0.1) is 0 Å². The fraction of sp³-hybridized carbons (Fsp3) is 0.810. The number of rotatable bonds is 34. The number of phosphoric acid groups is 1. The van der Waals surface area contributed by atoms with Gasteiger partial charge in [0.1, 0.15) is 43.2 Å². The maximum atomic E-state index is 12.8. The minimum absolute atomic E-state index is 0.0947. The molecule has 1 aliphatic carbocycles. The van der Waals surface area contributed by atoms with Gasteiger partial charge >= 0.3 is 19.8 Å². The fourth-order valence-electron chi connectivity index (χ4n) is 6.30. The summed E-state index contributed by atoms with van der Waals surface area (Å²) in [6, 6.07) is 0. The van der Waals surface area contributed by atoms with Crippen LogP contribution in [0.4, 0.5) is 0 Å². The van der Waals surface area contributed by atoms with E-state index in [1.54, 1.807) is 0 Å². The predicted octanol–water partition coefficient (Wildman–Crippen LogP) is 7.44. The quantitative estimate of drug-likeness (QED) is 0.0162. The Labute approximate surface area is 336 Å². The number of carbonyl (C=O) groups excluding carboxylic acids is 2. The normalized spacial score (nSPS) is 23.2. The van der Waals surface area contributed by atoms with Crippen LogP contribution in [0.3, 0.4) is 0 Å². The molecule has 0 saturated heterocycles. The SMILES string of the molecule is CC/C=C\C/C=C\C/C=C\CCCCCCCC(=O)OC[C@H](COP(=O)(O)OC1C(O)C(O)C(O)[C@@H](O)C1O)OC(=O)CCCCCCCCCCCCCC. The van der Waals surface area contributed by atoms with Crippen molar-refractivity contribution < 1.29 is 63.1 Å². The van der Waals surface area contributed by atoms with Gasteiger partial charge in [-0.2, -0.15) is 0 Å². The summed E-state index contributed by atoms with van der Waals surface area (Å²) in [4.78, 5) is 35.6. The van der Waals surface area contributed by atoms with Crippen LogP contribution in [0.5, 0.6) is 0 Å². The lowest BCUT2D eigenvalue weighted by Crippen LogP contribution is -2.64. The van der Waals surface area contributed by atoms with Crippen LogP contribution >= 0.6 is 7.82 Å². The average Bonchev–Trinajstić information content (AvgIpc) is 3.18.